The summed E-state index contributed by atoms with van der Waals surface area (Å²) in [5, 5.41) is 2.84. The molecule has 24 heavy (non-hydrogen) atoms. The van der Waals surface area contributed by atoms with Crippen LogP contribution < -0.4 is 14.8 Å². The van der Waals surface area contributed by atoms with E-state index in [0.29, 0.717) is 18.7 Å². The summed E-state index contributed by atoms with van der Waals surface area (Å²) >= 11 is 0. The van der Waals surface area contributed by atoms with Crippen LogP contribution in [0, 0.1) is 6.92 Å². The summed E-state index contributed by atoms with van der Waals surface area (Å²) in [7, 11) is 1.62. The number of benzene rings is 1. The fourth-order valence-electron chi connectivity index (χ4n) is 2.36. The van der Waals surface area contributed by atoms with E-state index in [1.54, 1.807) is 19.4 Å². The van der Waals surface area contributed by atoms with Crippen LogP contribution in [0.25, 0.3) is 5.65 Å². The third-order valence-corrected chi connectivity index (χ3v) is 3.55. The van der Waals surface area contributed by atoms with Gasteiger partial charge in [0, 0.05) is 12.4 Å². The maximum Gasteiger partial charge on any atom is 0.252 e. The van der Waals surface area contributed by atoms with Gasteiger partial charge in [-0.05, 0) is 43.3 Å². The minimum atomic E-state index is -0.137. The molecule has 0 bridgehead atoms. The Kier molecular flexibility index (Phi) is 4.65. The Morgan fingerprint density at radius 3 is 2.62 bits per heavy atom. The highest BCUT2D eigenvalue weighted by Gasteiger charge is 2.07. The van der Waals surface area contributed by atoms with Crippen LogP contribution in [0.5, 0.6) is 11.5 Å². The number of nitrogens with zero attached hydrogens (tertiary/aromatic N) is 2. The van der Waals surface area contributed by atoms with Crippen molar-refractivity contribution < 1.29 is 14.3 Å². The van der Waals surface area contributed by atoms with Crippen molar-refractivity contribution in [1.82, 2.24) is 14.7 Å². The molecule has 0 radical (unpaired) electrons. The summed E-state index contributed by atoms with van der Waals surface area (Å²) in [4.78, 5) is 16.5. The largest absolute Gasteiger partial charge is 0.497 e. The summed E-state index contributed by atoms with van der Waals surface area (Å²) in [5.41, 5.74) is 2.33. The first-order valence-corrected chi connectivity index (χ1v) is 7.66. The van der Waals surface area contributed by atoms with Crippen molar-refractivity contribution in [2.75, 3.05) is 20.3 Å². The normalized spacial score (nSPS) is 10.6. The number of imidazole rings is 1. The monoisotopic (exact) mass is 325 g/mol. The molecule has 0 aliphatic carbocycles. The van der Waals surface area contributed by atoms with Gasteiger partial charge in [-0.2, -0.15) is 0 Å². The molecule has 2 aromatic heterocycles. The van der Waals surface area contributed by atoms with Gasteiger partial charge in [0.15, 0.2) is 0 Å². The van der Waals surface area contributed by atoms with Crippen molar-refractivity contribution in [1.29, 1.82) is 0 Å². The number of hydrogen-bond donors (Lipinski definition) is 1. The maximum absolute atomic E-state index is 12.2. The Morgan fingerprint density at radius 1 is 1.12 bits per heavy atom. The molecule has 0 unspecified atom stereocenters. The zero-order valence-corrected chi connectivity index (χ0v) is 13.7. The third kappa shape index (κ3) is 3.65. The molecule has 3 rings (SSSR count). The second kappa shape index (κ2) is 7.04. The van der Waals surface area contributed by atoms with Crippen LogP contribution in [-0.2, 0) is 0 Å². The molecule has 0 saturated heterocycles. The minimum absolute atomic E-state index is 0.137. The number of fused-ring (bicyclic) bond motifs is 1. The van der Waals surface area contributed by atoms with Crippen LogP contribution in [0.1, 0.15) is 16.1 Å². The lowest BCUT2D eigenvalue weighted by Crippen LogP contribution is -2.28. The lowest BCUT2D eigenvalue weighted by Gasteiger charge is -2.08. The molecular weight excluding hydrogens is 306 g/mol. The molecule has 2 heterocycles. The average molecular weight is 325 g/mol. The first kappa shape index (κ1) is 15.9. The molecule has 0 fully saturated rings. The molecule has 6 nitrogen and oxygen atoms in total. The predicted molar refractivity (Wildman–Crippen MR) is 90.8 cm³/mol. The molecule has 124 valence electrons. The Bertz CT molecular complexity index is 840. The van der Waals surface area contributed by atoms with E-state index in [1.165, 1.54) is 0 Å². The Labute approximate surface area is 140 Å². The summed E-state index contributed by atoms with van der Waals surface area (Å²) in [6, 6.07) is 10.9. The lowest BCUT2D eigenvalue weighted by atomic mass is 10.2. The number of amides is 1. The van der Waals surface area contributed by atoms with E-state index < -0.39 is 0 Å². The van der Waals surface area contributed by atoms with Crippen molar-refractivity contribution in [2.24, 2.45) is 0 Å². The van der Waals surface area contributed by atoms with E-state index in [4.69, 9.17) is 9.47 Å². The zero-order chi connectivity index (χ0) is 16.9. The molecule has 1 amide bonds. The molecule has 6 heteroatoms. The van der Waals surface area contributed by atoms with Gasteiger partial charge in [0.1, 0.15) is 23.8 Å². The Hall–Kier alpha value is -3.02. The topological polar surface area (TPSA) is 64.9 Å². The van der Waals surface area contributed by atoms with E-state index in [-0.39, 0.29) is 5.91 Å². The van der Waals surface area contributed by atoms with Crippen LogP contribution in [0.3, 0.4) is 0 Å². The highest BCUT2D eigenvalue weighted by Crippen LogP contribution is 2.16. The second-order valence-corrected chi connectivity index (χ2v) is 5.35. The number of aryl methyl sites for hydroxylation is 1. The first-order valence-electron chi connectivity index (χ1n) is 7.66. The van der Waals surface area contributed by atoms with Gasteiger partial charge in [-0.1, -0.05) is 0 Å². The van der Waals surface area contributed by atoms with Crippen LogP contribution in [-0.4, -0.2) is 35.6 Å². The summed E-state index contributed by atoms with van der Waals surface area (Å²) in [6.45, 7) is 2.74. The molecular formula is C18H19N3O3. The van der Waals surface area contributed by atoms with E-state index in [9.17, 15) is 4.79 Å². The van der Waals surface area contributed by atoms with E-state index in [0.717, 1.165) is 22.8 Å². The van der Waals surface area contributed by atoms with E-state index >= 15 is 0 Å². The molecule has 0 aliphatic heterocycles. The fourth-order valence-corrected chi connectivity index (χ4v) is 2.36. The Balaban J connectivity index is 1.50. The second-order valence-electron chi connectivity index (χ2n) is 5.35. The number of methoxy groups -OCH3 is 1. The minimum Gasteiger partial charge on any atom is -0.497 e. The highest BCUT2D eigenvalue weighted by molar-refractivity contribution is 5.94. The first-order chi connectivity index (χ1) is 11.7. The number of rotatable bonds is 6. The van der Waals surface area contributed by atoms with Gasteiger partial charge >= 0.3 is 0 Å². The number of pyridine rings is 1. The summed E-state index contributed by atoms with van der Waals surface area (Å²) < 4.78 is 12.5. The van der Waals surface area contributed by atoms with Crippen molar-refractivity contribution in [3.05, 3.63) is 60.0 Å². The predicted octanol–water partition coefficient (Wildman–Crippen LogP) is 2.46. The highest BCUT2D eigenvalue weighted by atomic mass is 16.5. The van der Waals surface area contributed by atoms with Crippen LogP contribution in [0.15, 0.2) is 48.8 Å². The third-order valence-electron chi connectivity index (χ3n) is 3.55. The molecule has 0 spiro atoms. The lowest BCUT2D eigenvalue weighted by molar-refractivity contribution is 0.0946. The quantitative estimate of drug-likeness (QED) is 0.707. The number of carbonyl (C=O) groups is 1. The van der Waals surface area contributed by atoms with Gasteiger partial charge in [0.2, 0.25) is 0 Å². The van der Waals surface area contributed by atoms with E-state index in [1.807, 2.05) is 47.9 Å². The van der Waals surface area contributed by atoms with Gasteiger partial charge < -0.3 is 19.2 Å². The number of carbonyl (C=O) groups excluding carboxylic acids is 1. The smallest absolute Gasteiger partial charge is 0.252 e. The number of hydrogen-bond acceptors (Lipinski definition) is 4. The number of nitrogens with one attached hydrogen (secondary N) is 1. The van der Waals surface area contributed by atoms with Gasteiger partial charge in [0.25, 0.3) is 5.91 Å². The van der Waals surface area contributed by atoms with Crippen LogP contribution in [0.4, 0.5) is 0 Å². The molecule has 0 saturated carbocycles. The van der Waals surface area contributed by atoms with Crippen LogP contribution >= 0.6 is 0 Å². The molecule has 1 N–H and O–H groups in total. The molecule has 0 atom stereocenters. The molecule has 3 aromatic rings. The standard InChI is InChI=1S/C18H19N3O3/c1-13-11-21-12-14(3-8-17(21)20-13)18(22)19-9-10-24-16-6-4-15(23-2)5-7-16/h3-8,11-12H,9-10H2,1-2H3,(H,19,22). The Morgan fingerprint density at radius 2 is 1.88 bits per heavy atom. The molecule has 0 aliphatic rings. The van der Waals surface area contributed by atoms with Gasteiger partial charge in [-0.3, -0.25) is 4.79 Å². The fraction of sp³-hybridized carbons (Fsp3) is 0.222. The average Bonchev–Trinajstić information content (AvgIpc) is 2.98. The van der Waals surface area contributed by atoms with Crippen molar-refractivity contribution in [2.45, 2.75) is 6.92 Å². The van der Waals surface area contributed by atoms with E-state index in [2.05, 4.69) is 10.3 Å². The van der Waals surface area contributed by atoms with Crippen molar-refractivity contribution in [3.63, 3.8) is 0 Å². The SMILES string of the molecule is COc1ccc(OCCNC(=O)c2ccc3nc(C)cn3c2)cc1. The zero-order valence-electron chi connectivity index (χ0n) is 13.7. The summed E-state index contributed by atoms with van der Waals surface area (Å²) in [6.07, 6.45) is 3.66. The molecule has 1 aromatic carbocycles. The van der Waals surface area contributed by atoms with Crippen LogP contribution in [0.2, 0.25) is 0 Å². The number of aromatic nitrogens is 2. The maximum atomic E-state index is 12.2. The van der Waals surface area contributed by atoms with Gasteiger partial charge in [-0.25, -0.2) is 4.98 Å². The number of ether oxygens (including phenoxy) is 2. The van der Waals surface area contributed by atoms with Crippen molar-refractivity contribution >= 4 is 11.6 Å². The summed E-state index contributed by atoms with van der Waals surface area (Å²) in [5.74, 6) is 1.38. The van der Waals surface area contributed by atoms with Gasteiger partial charge in [-0.15, -0.1) is 0 Å². The van der Waals surface area contributed by atoms with Gasteiger partial charge in [0.05, 0.1) is 24.9 Å². The van der Waals surface area contributed by atoms with Crippen molar-refractivity contribution in [3.8, 4) is 11.5 Å².